The van der Waals surface area contributed by atoms with Crippen LogP contribution in [0.1, 0.15) is 23.9 Å². The number of aromatic nitrogens is 2. The molecule has 0 aliphatic rings. The fourth-order valence-electron chi connectivity index (χ4n) is 3.49. The molecule has 0 saturated heterocycles. The summed E-state index contributed by atoms with van der Waals surface area (Å²) in [6.07, 6.45) is 0. The smallest absolute Gasteiger partial charge is 0.119 e. The molecular weight excluding hydrogens is 400 g/mol. The van der Waals surface area contributed by atoms with Crippen LogP contribution in [0.4, 0.5) is 0 Å². The van der Waals surface area contributed by atoms with E-state index < -0.39 is 0 Å². The van der Waals surface area contributed by atoms with Crippen LogP contribution >= 0.6 is 0 Å². The Morgan fingerprint density at radius 2 is 1.44 bits per heavy atom. The van der Waals surface area contributed by atoms with Crippen LogP contribution in [-0.4, -0.2) is 28.6 Å². The molecule has 0 fully saturated rings. The Hall–Kier alpha value is -3.57. The molecule has 0 atom stereocenters. The first-order valence-corrected chi connectivity index (χ1v) is 10.7. The maximum absolute atomic E-state index is 7.57. The van der Waals surface area contributed by atoms with Crippen molar-refractivity contribution in [1.29, 1.82) is 0 Å². The Balaban J connectivity index is 0.000000913. The summed E-state index contributed by atoms with van der Waals surface area (Å²) in [6, 6.07) is 26.3. The van der Waals surface area contributed by atoms with Crippen LogP contribution in [0.5, 0.6) is 11.5 Å². The topological polar surface area (TPSA) is 56.5 Å². The molecule has 1 N–H and O–H groups in total. The van der Waals surface area contributed by atoms with E-state index in [2.05, 4.69) is 31.2 Å². The largest absolute Gasteiger partial charge is 0.497 e. The molecule has 0 unspecified atom stereocenters. The Morgan fingerprint density at radius 1 is 0.844 bits per heavy atom. The molecule has 0 aliphatic heterocycles. The van der Waals surface area contributed by atoms with Gasteiger partial charge in [0.1, 0.15) is 18.1 Å². The Labute approximate surface area is 189 Å². The zero-order valence-electron chi connectivity index (χ0n) is 19.1. The van der Waals surface area contributed by atoms with Crippen LogP contribution in [0, 0.1) is 13.8 Å². The highest BCUT2D eigenvalue weighted by molar-refractivity contribution is 5.70. The van der Waals surface area contributed by atoms with Gasteiger partial charge in [0, 0.05) is 17.9 Å². The van der Waals surface area contributed by atoms with Crippen LogP contribution < -0.4 is 9.47 Å². The van der Waals surface area contributed by atoms with E-state index in [1.54, 1.807) is 14.0 Å². The van der Waals surface area contributed by atoms with E-state index in [0.29, 0.717) is 6.61 Å². The average molecular weight is 431 g/mol. The van der Waals surface area contributed by atoms with Gasteiger partial charge in [-0.15, -0.1) is 0 Å². The van der Waals surface area contributed by atoms with Crippen LogP contribution in [0.3, 0.4) is 0 Å². The zero-order valence-corrected chi connectivity index (χ0v) is 19.1. The predicted molar refractivity (Wildman–Crippen MR) is 129 cm³/mol. The van der Waals surface area contributed by atoms with E-state index in [4.69, 9.17) is 19.7 Å². The maximum atomic E-state index is 7.57. The number of nitrogens with zero attached hydrogens (tertiary/aromatic N) is 2. The van der Waals surface area contributed by atoms with Crippen LogP contribution in [-0.2, 0) is 6.61 Å². The third-order valence-corrected chi connectivity index (χ3v) is 5.00. The van der Waals surface area contributed by atoms with E-state index >= 15 is 0 Å². The summed E-state index contributed by atoms with van der Waals surface area (Å²) in [6.45, 7) is 6.63. The van der Waals surface area contributed by atoms with Crippen molar-refractivity contribution in [2.75, 3.05) is 13.7 Å². The van der Waals surface area contributed by atoms with Gasteiger partial charge < -0.3 is 14.6 Å². The van der Waals surface area contributed by atoms with Gasteiger partial charge in [-0.3, -0.25) is 0 Å². The van der Waals surface area contributed by atoms with E-state index in [1.807, 2.05) is 66.2 Å². The summed E-state index contributed by atoms with van der Waals surface area (Å²) in [5.74, 6) is 1.69. The second kappa shape index (κ2) is 11.2. The summed E-state index contributed by atoms with van der Waals surface area (Å²) in [7, 11) is 1.68. The predicted octanol–water partition coefficient (Wildman–Crippen LogP) is 5.74. The van der Waals surface area contributed by atoms with Gasteiger partial charge >= 0.3 is 0 Å². The lowest BCUT2D eigenvalue weighted by atomic mass is 10.0. The van der Waals surface area contributed by atoms with Crippen molar-refractivity contribution in [3.8, 4) is 28.3 Å². The second-order valence-corrected chi connectivity index (χ2v) is 7.27. The third-order valence-electron chi connectivity index (χ3n) is 5.00. The molecular formula is C27H30N2O3. The zero-order chi connectivity index (χ0) is 22.9. The van der Waals surface area contributed by atoms with E-state index in [1.165, 1.54) is 0 Å². The first kappa shape index (κ1) is 23.1. The van der Waals surface area contributed by atoms with Crippen LogP contribution in [0.2, 0.25) is 0 Å². The number of rotatable bonds is 6. The lowest BCUT2D eigenvalue weighted by Crippen LogP contribution is -2.00. The molecule has 32 heavy (non-hydrogen) atoms. The summed E-state index contributed by atoms with van der Waals surface area (Å²) in [4.78, 5) is 0. The summed E-state index contributed by atoms with van der Waals surface area (Å²) >= 11 is 0. The van der Waals surface area contributed by atoms with Crippen molar-refractivity contribution in [2.24, 2.45) is 0 Å². The highest BCUT2D eigenvalue weighted by Gasteiger charge is 2.14. The van der Waals surface area contributed by atoms with Gasteiger partial charge in [-0.1, -0.05) is 42.5 Å². The van der Waals surface area contributed by atoms with Crippen molar-refractivity contribution in [2.45, 2.75) is 27.4 Å². The molecule has 0 aliphatic carbocycles. The third kappa shape index (κ3) is 5.56. The number of benzene rings is 3. The monoisotopic (exact) mass is 430 g/mol. The molecule has 5 nitrogen and oxygen atoms in total. The van der Waals surface area contributed by atoms with Gasteiger partial charge in [-0.05, 0) is 68.3 Å². The Morgan fingerprint density at radius 3 is 2.03 bits per heavy atom. The molecule has 0 amide bonds. The van der Waals surface area contributed by atoms with Crippen molar-refractivity contribution in [3.63, 3.8) is 0 Å². The SMILES string of the molecule is CCO.COc1ccc(-c2c(C)nn(-c3ccc(OCc4ccccc4)cc3)c2C)cc1. The van der Waals surface area contributed by atoms with Crippen LogP contribution in [0.15, 0.2) is 78.9 Å². The van der Waals surface area contributed by atoms with Crippen molar-refractivity contribution < 1.29 is 14.6 Å². The van der Waals surface area contributed by atoms with Gasteiger partial charge in [0.05, 0.1) is 18.5 Å². The van der Waals surface area contributed by atoms with E-state index in [9.17, 15) is 0 Å². The number of hydrogen-bond donors (Lipinski definition) is 1. The molecule has 0 radical (unpaired) electrons. The number of methoxy groups -OCH3 is 1. The first-order chi connectivity index (χ1) is 15.6. The second-order valence-electron chi connectivity index (χ2n) is 7.27. The van der Waals surface area contributed by atoms with E-state index in [-0.39, 0.29) is 6.61 Å². The quantitative estimate of drug-likeness (QED) is 0.424. The van der Waals surface area contributed by atoms with Crippen molar-refractivity contribution >= 4 is 0 Å². The standard InChI is InChI=1S/C25H24N2O2.C2H6O/c1-18-25(21-9-13-23(28-3)14-10-21)19(2)27(26-18)22-11-15-24(16-12-22)29-17-20-7-5-4-6-8-20;1-2-3/h4-16H,17H2,1-3H3;3H,2H2,1H3. The fourth-order valence-corrected chi connectivity index (χ4v) is 3.49. The molecule has 1 heterocycles. The highest BCUT2D eigenvalue weighted by atomic mass is 16.5. The van der Waals surface area contributed by atoms with Crippen molar-refractivity contribution in [3.05, 3.63) is 95.8 Å². The summed E-state index contributed by atoms with van der Waals surface area (Å²) in [5.41, 5.74) is 6.55. The molecule has 0 saturated carbocycles. The molecule has 4 aromatic rings. The minimum atomic E-state index is 0.250. The number of aliphatic hydroxyl groups is 1. The lowest BCUT2D eigenvalue weighted by molar-refractivity contribution is 0.306. The molecule has 0 spiro atoms. The Bertz CT molecular complexity index is 1100. The van der Waals surface area contributed by atoms with E-state index in [0.717, 1.165) is 45.3 Å². The van der Waals surface area contributed by atoms with Crippen LogP contribution in [0.25, 0.3) is 16.8 Å². The van der Waals surface area contributed by atoms with Gasteiger partial charge in [0.15, 0.2) is 0 Å². The molecule has 3 aromatic carbocycles. The maximum Gasteiger partial charge on any atom is 0.119 e. The lowest BCUT2D eigenvalue weighted by Gasteiger charge is -2.09. The van der Waals surface area contributed by atoms with Crippen molar-refractivity contribution in [1.82, 2.24) is 9.78 Å². The van der Waals surface area contributed by atoms with Gasteiger partial charge in [-0.25, -0.2) is 4.68 Å². The first-order valence-electron chi connectivity index (χ1n) is 10.7. The van der Waals surface area contributed by atoms with Gasteiger partial charge in [0.2, 0.25) is 0 Å². The Kier molecular flexibility index (Phi) is 8.06. The molecule has 0 bridgehead atoms. The molecule has 166 valence electrons. The molecule has 1 aromatic heterocycles. The summed E-state index contributed by atoms with van der Waals surface area (Å²) < 4.78 is 13.1. The number of hydrogen-bond acceptors (Lipinski definition) is 4. The van der Waals surface area contributed by atoms with Gasteiger partial charge in [0.25, 0.3) is 0 Å². The number of aryl methyl sites for hydroxylation is 1. The normalized spacial score (nSPS) is 10.3. The molecule has 5 heteroatoms. The minimum Gasteiger partial charge on any atom is -0.497 e. The highest BCUT2D eigenvalue weighted by Crippen LogP contribution is 2.30. The molecule has 4 rings (SSSR count). The fraction of sp³-hybridized carbons (Fsp3) is 0.222. The number of aliphatic hydroxyl groups excluding tert-OH is 1. The minimum absolute atomic E-state index is 0.250. The average Bonchev–Trinajstić information content (AvgIpc) is 3.13. The van der Waals surface area contributed by atoms with Gasteiger partial charge in [-0.2, -0.15) is 5.10 Å². The summed E-state index contributed by atoms with van der Waals surface area (Å²) in [5, 5.41) is 12.3. The number of ether oxygens (including phenoxy) is 2.